The van der Waals surface area contributed by atoms with Gasteiger partial charge in [-0.1, -0.05) is 37.5 Å². The quantitative estimate of drug-likeness (QED) is 0.780. The van der Waals surface area contributed by atoms with Crippen LogP contribution in [0.15, 0.2) is 24.3 Å². The highest BCUT2D eigenvalue weighted by Gasteiger charge is 2.24. The van der Waals surface area contributed by atoms with Gasteiger partial charge in [0.05, 0.1) is 13.2 Å². The maximum Gasteiger partial charge on any atom is 0.184 e. The molecule has 0 amide bonds. The Morgan fingerprint density at radius 1 is 1.05 bits per heavy atom. The molecular weight excluding hydrogens is 240 g/mol. The van der Waals surface area contributed by atoms with E-state index in [1.165, 1.54) is 19.3 Å². The number of carbonyl (C=O) groups is 1. The van der Waals surface area contributed by atoms with Crippen LogP contribution < -0.4 is 0 Å². The zero-order valence-corrected chi connectivity index (χ0v) is 11.1. The summed E-state index contributed by atoms with van der Waals surface area (Å²) in [6, 6.07) is 7.74. The number of hydrogen-bond acceptors (Lipinski definition) is 3. The summed E-state index contributed by atoms with van der Waals surface area (Å²) >= 11 is 0. The fourth-order valence-corrected chi connectivity index (χ4v) is 2.99. The normalized spacial score (nSPS) is 21.7. The van der Waals surface area contributed by atoms with E-state index in [0.29, 0.717) is 19.0 Å². The Morgan fingerprint density at radius 2 is 1.79 bits per heavy atom. The molecule has 3 rings (SSSR count). The summed E-state index contributed by atoms with van der Waals surface area (Å²) in [6.45, 7) is 1.26. The fourth-order valence-electron chi connectivity index (χ4n) is 2.99. The van der Waals surface area contributed by atoms with Crippen LogP contribution in [0.1, 0.15) is 54.3 Å². The summed E-state index contributed by atoms with van der Waals surface area (Å²) in [5, 5.41) is 0. The number of hydrogen-bond donors (Lipinski definition) is 0. The van der Waals surface area contributed by atoms with E-state index in [1.54, 1.807) is 0 Å². The molecule has 0 N–H and O–H groups in total. The molecule has 1 heterocycles. The molecule has 1 saturated carbocycles. The van der Waals surface area contributed by atoms with Gasteiger partial charge in [-0.05, 0) is 18.9 Å². The molecule has 2 aliphatic rings. The molecule has 2 fully saturated rings. The van der Waals surface area contributed by atoms with Crippen molar-refractivity contribution in [3.63, 3.8) is 0 Å². The lowest BCUT2D eigenvalue weighted by Crippen LogP contribution is -2.18. The van der Waals surface area contributed by atoms with Gasteiger partial charge in [-0.15, -0.1) is 0 Å². The third-order valence-corrected chi connectivity index (χ3v) is 4.04. The Labute approximate surface area is 113 Å². The average molecular weight is 260 g/mol. The summed E-state index contributed by atoms with van der Waals surface area (Å²) in [5.74, 6) is 0.508. The number of rotatable bonds is 3. The number of benzene rings is 1. The standard InChI is InChI=1S/C16H20O3/c17-15(12-5-2-1-3-6-12)13-7-4-8-14(11-13)16-18-9-10-19-16/h4,7-8,11-12,16H,1-3,5-6,9-10H2. The molecule has 19 heavy (non-hydrogen) atoms. The first-order chi connectivity index (χ1) is 9.34. The van der Waals surface area contributed by atoms with E-state index in [0.717, 1.165) is 24.0 Å². The Kier molecular flexibility index (Phi) is 3.95. The molecule has 1 aromatic carbocycles. The Bertz CT molecular complexity index is 443. The maximum absolute atomic E-state index is 12.5. The molecule has 3 heteroatoms. The zero-order chi connectivity index (χ0) is 13.1. The summed E-state index contributed by atoms with van der Waals surface area (Å²) in [4.78, 5) is 12.5. The lowest BCUT2D eigenvalue weighted by Gasteiger charge is -2.20. The summed E-state index contributed by atoms with van der Waals surface area (Å²) in [7, 11) is 0. The third kappa shape index (κ3) is 2.88. The van der Waals surface area contributed by atoms with Crippen LogP contribution in [0, 0.1) is 5.92 Å². The minimum atomic E-state index is -0.292. The molecule has 1 aromatic rings. The maximum atomic E-state index is 12.5. The number of carbonyl (C=O) groups excluding carboxylic acids is 1. The van der Waals surface area contributed by atoms with Crippen molar-refractivity contribution in [2.75, 3.05) is 13.2 Å². The third-order valence-electron chi connectivity index (χ3n) is 4.04. The lowest BCUT2D eigenvalue weighted by atomic mass is 9.83. The molecule has 1 saturated heterocycles. The topological polar surface area (TPSA) is 35.5 Å². The van der Waals surface area contributed by atoms with Gasteiger partial charge < -0.3 is 9.47 Å². The van der Waals surface area contributed by atoms with Gasteiger partial charge in [0.1, 0.15) is 0 Å². The van der Waals surface area contributed by atoms with E-state index in [4.69, 9.17) is 9.47 Å². The van der Waals surface area contributed by atoms with Crippen LogP contribution in [0.2, 0.25) is 0 Å². The predicted molar refractivity (Wildman–Crippen MR) is 72.0 cm³/mol. The van der Waals surface area contributed by atoms with Gasteiger partial charge in [-0.3, -0.25) is 4.79 Å². The van der Waals surface area contributed by atoms with Crippen molar-refractivity contribution in [2.45, 2.75) is 38.4 Å². The van der Waals surface area contributed by atoms with Crippen LogP contribution in [0.3, 0.4) is 0 Å². The number of ketones is 1. The van der Waals surface area contributed by atoms with Crippen LogP contribution in [-0.2, 0) is 9.47 Å². The molecule has 0 bridgehead atoms. The van der Waals surface area contributed by atoms with E-state index in [1.807, 2.05) is 24.3 Å². The summed E-state index contributed by atoms with van der Waals surface area (Å²) in [5.41, 5.74) is 1.77. The van der Waals surface area contributed by atoms with Crippen molar-refractivity contribution >= 4 is 5.78 Å². The van der Waals surface area contributed by atoms with E-state index in [9.17, 15) is 4.79 Å². The average Bonchev–Trinajstić information content (AvgIpc) is 3.02. The second-order valence-electron chi connectivity index (χ2n) is 5.40. The Morgan fingerprint density at radius 3 is 2.53 bits per heavy atom. The molecule has 0 atom stereocenters. The molecule has 3 nitrogen and oxygen atoms in total. The van der Waals surface area contributed by atoms with Gasteiger partial charge in [0, 0.05) is 17.0 Å². The van der Waals surface area contributed by atoms with Gasteiger partial charge in [0.15, 0.2) is 12.1 Å². The summed E-state index contributed by atoms with van der Waals surface area (Å²) < 4.78 is 11.0. The molecule has 0 spiro atoms. The van der Waals surface area contributed by atoms with Crippen molar-refractivity contribution in [3.8, 4) is 0 Å². The molecule has 0 radical (unpaired) electrons. The first kappa shape index (κ1) is 12.8. The monoisotopic (exact) mass is 260 g/mol. The second kappa shape index (κ2) is 5.85. The molecular formula is C16H20O3. The highest BCUT2D eigenvalue weighted by molar-refractivity contribution is 5.98. The van der Waals surface area contributed by atoms with Crippen LogP contribution in [0.25, 0.3) is 0 Å². The highest BCUT2D eigenvalue weighted by Crippen LogP contribution is 2.29. The van der Waals surface area contributed by atoms with Crippen molar-refractivity contribution in [3.05, 3.63) is 35.4 Å². The molecule has 102 valence electrons. The zero-order valence-electron chi connectivity index (χ0n) is 11.1. The largest absolute Gasteiger partial charge is 0.346 e. The molecule has 1 aliphatic carbocycles. The number of ether oxygens (including phenoxy) is 2. The van der Waals surface area contributed by atoms with Crippen molar-refractivity contribution in [2.24, 2.45) is 5.92 Å². The first-order valence-electron chi connectivity index (χ1n) is 7.22. The molecule has 0 unspecified atom stereocenters. The van der Waals surface area contributed by atoms with Gasteiger partial charge in [0.2, 0.25) is 0 Å². The first-order valence-corrected chi connectivity index (χ1v) is 7.22. The van der Waals surface area contributed by atoms with Crippen molar-refractivity contribution in [1.29, 1.82) is 0 Å². The predicted octanol–water partition coefficient (Wildman–Crippen LogP) is 3.50. The smallest absolute Gasteiger partial charge is 0.184 e. The second-order valence-corrected chi connectivity index (χ2v) is 5.40. The number of Topliss-reactive ketones (excluding diaryl/α,β-unsaturated/α-hetero) is 1. The Balaban J connectivity index is 1.76. The van der Waals surface area contributed by atoms with Crippen molar-refractivity contribution in [1.82, 2.24) is 0 Å². The minimum absolute atomic E-state index is 0.217. The van der Waals surface area contributed by atoms with Crippen LogP contribution in [0.5, 0.6) is 0 Å². The van der Waals surface area contributed by atoms with Gasteiger partial charge >= 0.3 is 0 Å². The van der Waals surface area contributed by atoms with Crippen LogP contribution in [0.4, 0.5) is 0 Å². The SMILES string of the molecule is O=C(c1cccc(C2OCCO2)c1)C1CCCCC1. The fraction of sp³-hybridized carbons (Fsp3) is 0.562. The van der Waals surface area contributed by atoms with Crippen molar-refractivity contribution < 1.29 is 14.3 Å². The Hall–Kier alpha value is -1.19. The van der Waals surface area contributed by atoms with E-state index < -0.39 is 0 Å². The van der Waals surface area contributed by atoms with Crippen LogP contribution >= 0.6 is 0 Å². The van der Waals surface area contributed by atoms with Gasteiger partial charge in [-0.25, -0.2) is 0 Å². The lowest BCUT2D eigenvalue weighted by molar-refractivity contribution is -0.0441. The summed E-state index contributed by atoms with van der Waals surface area (Å²) in [6.07, 6.45) is 5.43. The van der Waals surface area contributed by atoms with E-state index >= 15 is 0 Å². The van der Waals surface area contributed by atoms with Gasteiger partial charge in [0.25, 0.3) is 0 Å². The van der Waals surface area contributed by atoms with Gasteiger partial charge in [-0.2, -0.15) is 0 Å². The van der Waals surface area contributed by atoms with E-state index in [2.05, 4.69) is 0 Å². The molecule has 1 aliphatic heterocycles. The highest BCUT2D eigenvalue weighted by atomic mass is 16.7. The van der Waals surface area contributed by atoms with Crippen LogP contribution in [-0.4, -0.2) is 19.0 Å². The van der Waals surface area contributed by atoms with E-state index in [-0.39, 0.29) is 12.2 Å². The minimum Gasteiger partial charge on any atom is -0.346 e. The molecule has 0 aromatic heterocycles.